The van der Waals surface area contributed by atoms with Crippen LogP contribution in [0.4, 0.5) is 4.39 Å². The van der Waals surface area contributed by atoms with Gasteiger partial charge < -0.3 is 10.5 Å². The average Bonchev–Trinajstić information content (AvgIpc) is 2.07. The molecule has 0 aliphatic carbocycles. The van der Waals surface area contributed by atoms with E-state index in [2.05, 4.69) is 0 Å². The Labute approximate surface area is 77.5 Å². The lowest BCUT2D eigenvalue weighted by Gasteiger charge is -2.09. The second-order valence-electron chi connectivity index (χ2n) is 3.20. The van der Waals surface area contributed by atoms with Crippen LogP contribution in [0.25, 0.3) is 0 Å². The largest absolute Gasteiger partial charge is 0.492 e. The summed E-state index contributed by atoms with van der Waals surface area (Å²) in [5.41, 5.74) is 6.09. The first kappa shape index (κ1) is 9.99. The van der Waals surface area contributed by atoms with Crippen molar-refractivity contribution in [3.05, 3.63) is 29.6 Å². The average molecular weight is 183 g/mol. The lowest BCUT2D eigenvalue weighted by atomic mass is 10.2. The fraction of sp³-hybridized carbons (Fsp3) is 0.400. The first-order chi connectivity index (χ1) is 6.09. The molecule has 0 unspecified atom stereocenters. The first-order valence-electron chi connectivity index (χ1n) is 4.24. The van der Waals surface area contributed by atoms with Crippen LogP contribution < -0.4 is 10.5 Å². The normalized spacial score (nSPS) is 12.6. The van der Waals surface area contributed by atoms with E-state index in [9.17, 15) is 4.39 Å². The number of ether oxygens (including phenoxy) is 1. The minimum atomic E-state index is -0.215. The van der Waals surface area contributed by atoms with Crippen LogP contribution in [-0.4, -0.2) is 12.6 Å². The van der Waals surface area contributed by atoms with E-state index in [4.69, 9.17) is 10.5 Å². The molecule has 0 saturated carbocycles. The van der Waals surface area contributed by atoms with Crippen molar-refractivity contribution in [3.63, 3.8) is 0 Å². The van der Waals surface area contributed by atoms with Gasteiger partial charge in [-0.2, -0.15) is 0 Å². The summed E-state index contributed by atoms with van der Waals surface area (Å²) in [4.78, 5) is 0. The van der Waals surface area contributed by atoms with Crippen LogP contribution in [0.1, 0.15) is 12.5 Å². The highest BCUT2D eigenvalue weighted by Gasteiger charge is 2.00. The molecule has 0 radical (unpaired) electrons. The summed E-state index contributed by atoms with van der Waals surface area (Å²) in [7, 11) is 0. The fourth-order valence-corrected chi connectivity index (χ4v) is 0.935. The zero-order valence-corrected chi connectivity index (χ0v) is 7.88. The number of aryl methyl sites for hydroxylation is 1. The summed E-state index contributed by atoms with van der Waals surface area (Å²) < 4.78 is 18.1. The summed E-state index contributed by atoms with van der Waals surface area (Å²) in [6.45, 7) is 4.01. The molecule has 13 heavy (non-hydrogen) atoms. The maximum Gasteiger partial charge on any atom is 0.126 e. The quantitative estimate of drug-likeness (QED) is 0.776. The molecule has 1 aromatic carbocycles. The third-order valence-corrected chi connectivity index (χ3v) is 1.64. The molecule has 0 aliphatic rings. The van der Waals surface area contributed by atoms with Gasteiger partial charge in [-0.15, -0.1) is 0 Å². The van der Waals surface area contributed by atoms with Gasteiger partial charge in [0, 0.05) is 6.04 Å². The van der Waals surface area contributed by atoms with Crippen molar-refractivity contribution in [2.75, 3.05) is 6.61 Å². The topological polar surface area (TPSA) is 35.2 Å². The van der Waals surface area contributed by atoms with E-state index >= 15 is 0 Å². The van der Waals surface area contributed by atoms with Crippen molar-refractivity contribution >= 4 is 0 Å². The number of nitrogens with two attached hydrogens (primary N) is 1. The summed E-state index contributed by atoms with van der Waals surface area (Å²) in [5.74, 6) is 0.448. The van der Waals surface area contributed by atoms with Crippen LogP contribution in [0.2, 0.25) is 0 Å². The predicted octanol–water partition coefficient (Wildman–Crippen LogP) is 1.86. The molecule has 0 aromatic heterocycles. The standard InChI is InChI=1S/C10H14FNO/c1-7-5-9(3-4-10(7)11)13-6-8(2)12/h3-5,8H,6,12H2,1-2H3/t8-/m1/s1. The summed E-state index contributed by atoms with van der Waals surface area (Å²) in [6.07, 6.45) is 0. The molecular weight excluding hydrogens is 169 g/mol. The molecule has 1 rings (SSSR count). The Bertz CT molecular complexity index is 286. The van der Waals surface area contributed by atoms with Gasteiger partial charge in [0.25, 0.3) is 0 Å². The summed E-state index contributed by atoms with van der Waals surface area (Å²) in [5, 5.41) is 0. The molecule has 0 fully saturated rings. The van der Waals surface area contributed by atoms with Gasteiger partial charge in [-0.05, 0) is 37.6 Å². The molecule has 72 valence electrons. The third kappa shape index (κ3) is 3.03. The van der Waals surface area contributed by atoms with Crippen molar-refractivity contribution in [1.29, 1.82) is 0 Å². The number of hydrogen-bond donors (Lipinski definition) is 1. The van der Waals surface area contributed by atoms with Gasteiger partial charge in [-0.25, -0.2) is 4.39 Å². The lowest BCUT2D eigenvalue weighted by molar-refractivity contribution is 0.295. The lowest BCUT2D eigenvalue weighted by Crippen LogP contribution is -2.23. The zero-order chi connectivity index (χ0) is 9.84. The molecule has 1 atom stereocenters. The zero-order valence-electron chi connectivity index (χ0n) is 7.88. The van der Waals surface area contributed by atoms with Crippen molar-refractivity contribution in [3.8, 4) is 5.75 Å². The second-order valence-corrected chi connectivity index (χ2v) is 3.20. The van der Waals surface area contributed by atoms with Crippen LogP contribution in [0, 0.1) is 12.7 Å². The highest BCUT2D eigenvalue weighted by atomic mass is 19.1. The van der Waals surface area contributed by atoms with Gasteiger partial charge in [0.05, 0.1) is 0 Å². The Hall–Kier alpha value is -1.09. The molecule has 1 aromatic rings. The van der Waals surface area contributed by atoms with Crippen LogP contribution in [0.5, 0.6) is 5.75 Å². The molecule has 0 bridgehead atoms. The van der Waals surface area contributed by atoms with Crippen LogP contribution in [0.3, 0.4) is 0 Å². The van der Waals surface area contributed by atoms with Crippen LogP contribution in [-0.2, 0) is 0 Å². The first-order valence-corrected chi connectivity index (χ1v) is 4.24. The Morgan fingerprint density at radius 2 is 2.23 bits per heavy atom. The van der Waals surface area contributed by atoms with E-state index in [0.29, 0.717) is 17.9 Å². The molecule has 0 aliphatic heterocycles. The van der Waals surface area contributed by atoms with Crippen molar-refractivity contribution in [2.24, 2.45) is 5.73 Å². The Morgan fingerprint density at radius 3 is 2.77 bits per heavy atom. The Morgan fingerprint density at radius 1 is 1.54 bits per heavy atom. The molecular formula is C10H14FNO. The number of halogens is 1. The van der Waals surface area contributed by atoms with Gasteiger partial charge in [-0.3, -0.25) is 0 Å². The van der Waals surface area contributed by atoms with Crippen LogP contribution in [0.15, 0.2) is 18.2 Å². The molecule has 2 nitrogen and oxygen atoms in total. The van der Waals surface area contributed by atoms with Crippen molar-refractivity contribution < 1.29 is 9.13 Å². The monoisotopic (exact) mass is 183 g/mol. The van der Waals surface area contributed by atoms with E-state index in [-0.39, 0.29) is 11.9 Å². The van der Waals surface area contributed by atoms with Crippen molar-refractivity contribution in [1.82, 2.24) is 0 Å². The highest BCUT2D eigenvalue weighted by molar-refractivity contribution is 5.28. The SMILES string of the molecule is Cc1cc(OC[C@@H](C)N)ccc1F. The highest BCUT2D eigenvalue weighted by Crippen LogP contribution is 2.15. The summed E-state index contributed by atoms with van der Waals surface area (Å²) >= 11 is 0. The number of benzene rings is 1. The summed E-state index contributed by atoms with van der Waals surface area (Å²) in [6, 6.07) is 4.65. The Balaban J connectivity index is 2.63. The molecule has 0 amide bonds. The van der Waals surface area contributed by atoms with E-state index in [1.54, 1.807) is 19.1 Å². The van der Waals surface area contributed by atoms with E-state index in [1.165, 1.54) is 6.07 Å². The fourth-order valence-electron chi connectivity index (χ4n) is 0.935. The van der Waals surface area contributed by atoms with Gasteiger partial charge in [0.1, 0.15) is 18.2 Å². The Kier molecular flexibility index (Phi) is 3.25. The molecule has 3 heteroatoms. The van der Waals surface area contributed by atoms with Crippen LogP contribution >= 0.6 is 0 Å². The maximum atomic E-state index is 12.8. The van der Waals surface area contributed by atoms with Gasteiger partial charge >= 0.3 is 0 Å². The van der Waals surface area contributed by atoms with Gasteiger partial charge in [0.15, 0.2) is 0 Å². The minimum absolute atomic E-state index is 0.00893. The number of rotatable bonds is 3. The molecule has 2 N–H and O–H groups in total. The number of hydrogen-bond acceptors (Lipinski definition) is 2. The van der Waals surface area contributed by atoms with E-state index in [1.807, 2.05) is 6.92 Å². The molecule has 0 spiro atoms. The second kappa shape index (κ2) is 4.23. The third-order valence-electron chi connectivity index (χ3n) is 1.64. The van der Waals surface area contributed by atoms with Gasteiger partial charge in [0.2, 0.25) is 0 Å². The van der Waals surface area contributed by atoms with Gasteiger partial charge in [-0.1, -0.05) is 0 Å². The van der Waals surface area contributed by atoms with E-state index < -0.39 is 0 Å². The maximum absolute atomic E-state index is 12.8. The minimum Gasteiger partial charge on any atom is -0.492 e. The van der Waals surface area contributed by atoms with Crippen molar-refractivity contribution in [2.45, 2.75) is 19.9 Å². The van der Waals surface area contributed by atoms with E-state index in [0.717, 1.165) is 0 Å². The molecule has 0 saturated heterocycles. The molecule has 0 heterocycles. The smallest absolute Gasteiger partial charge is 0.126 e. The predicted molar refractivity (Wildman–Crippen MR) is 50.3 cm³/mol.